The number of aromatic amines is 1. The topological polar surface area (TPSA) is 86.7 Å². The Morgan fingerprint density at radius 1 is 0.931 bits per heavy atom. The number of benzene rings is 3. The molecule has 0 radical (unpaired) electrons. The maximum atomic E-state index is 10.8. The van der Waals surface area contributed by atoms with E-state index >= 15 is 0 Å². The molecule has 0 aliphatic heterocycles. The van der Waals surface area contributed by atoms with Gasteiger partial charge in [-0.2, -0.15) is 0 Å². The van der Waals surface area contributed by atoms with E-state index in [4.69, 9.17) is 11.6 Å². The van der Waals surface area contributed by atoms with Crippen LogP contribution < -0.4 is 5.32 Å². The van der Waals surface area contributed by atoms with E-state index in [2.05, 4.69) is 25.3 Å². The Labute approximate surface area is 171 Å². The summed E-state index contributed by atoms with van der Waals surface area (Å²) in [6.07, 6.45) is 3.05. The van der Waals surface area contributed by atoms with Crippen molar-refractivity contribution in [2.24, 2.45) is 0 Å². The van der Waals surface area contributed by atoms with Crippen LogP contribution in [-0.2, 0) is 0 Å². The van der Waals surface area contributed by atoms with Gasteiger partial charge in [0.2, 0.25) is 0 Å². The second-order valence-corrected chi connectivity index (χ2v) is 7.11. The predicted octanol–water partition coefficient (Wildman–Crippen LogP) is 5.07. The Balaban J connectivity index is 1.73. The van der Waals surface area contributed by atoms with Crippen LogP contribution in [0.2, 0.25) is 5.02 Å². The van der Waals surface area contributed by atoms with Crippen LogP contribution in [0.4, 0.5) is 5.82 Å². The summed E-state index contributed by atoms with van der Waals surface area (Å²) in [7, 11) is 0. The summed E-state index contributed by atoms with van der Waals surface area (Å²) >= 11 is 6.11. The number of phenolic OH excluding ortho intramolecular Hbond substituents is 1. The van der Waals surface area contributed by atoms with E-state index < -0.39 is 0 Å². The predicted molar refractivity (Wildman–Crippen MR) is 114 cm³/mol. The summed E-state index contributed by atoms with van der Waals surface area (Å²) in [5, 5.41) is 16.9. The molecular formula is C22H16ClN5O. The number of halogens is 1. The van der Waals surface area contributed by atoms with Gasteiger partial charge in [0.15, 0.2) is 11.5 Å². The van der Waals surface area contributed by atoms with Gasteiger partial charge in [-0.15, -0.1) is 0 Å². The molecule has 0 fully saturated rings. The minimum Gasteiger partial charge on any atom is -0.508 e. The number of fused-ring (bicyclic) bond motifs is 2. The van der Waals surface area contributed by atoms with E-state index in [0.29, 0.717) is 22.0 Å². The number of phenols is 1. The molecular weight excluding hydrogens is 386 g/mol. The zero-order valence-corrected chi connectivity index (χ0v) is 15.9. The maximum absolute atomic E-state index is 10.8. The monoisotopic (exact) mass is 401 g/mol. The molecule has 0 saturated carbocycles. The number of aromatic hydroxyl groups is 1. The molecule has 3 N–H and O–H groups in total. The fourth-order valence-corrected chi connectivity index (χ4v) is 3.70. The van der Waals surface area contributed by atoms with Crippen LogP contribution in [0.25, 0.3) is 21.9 Å². The molecule has 5 aromatic rings. The third-order valence-corrected chi connectivity index (χ3v) is 5.20. The molecule has 0 aliphatic carbocycles. The van der Waals surface area contributed by atoms with Crippen molar-refractivity contribution in [2.75, 3.05) is 5.32 Å². The third kappa shape index (κ3) is 3.13. The van der Waals surface area contributed by atoms with Crippen LogP contribution in [0.1, 0.15) is 17.2 Å². The summed E-state index contributed by atoms with van der Waals surface area (Å²) in [5.41, 5.74) is 2.97. The Bertz CT molecular complexity index is 1320. The average molecular weight is 402 g/mol. The maximum Gasteiger partial charge on any atom is 0.182 e. The second-order valence-electron chi connectivity index (χ2n) is 6.67. The van der Waals surface area contributed by atoms with Crippen molar-refractivity contribution in [3.8, 4) is 5.75 Å². The number of nitrogens with zero attached hydrogens (tertiary/aromatic N) is 3. The molecule has 0 saturated heterocycles. The lowest BCUT2D eigenvalue weighted by atomic mass is 9.92. The van der Waals surface area contributed by atoms with Crippen LogP contribution in [0.15, 0.2) is 73.3 Å². The van der Waals surface area contributed by atoms with Crippen LogP contribution in [0.5, 0.6) is 5.75 Å². The molecule has 142 valence electrons. The summed E-state index contributed by atoms with van der Waals surface area (Å²) < 4.78 is 0. The Kier molecular flexibility index (Phi) is 4.26. The lowest BCUT2D eigenvalue weighted by molar-refractivity contribution is 0.468. The van der Waals surface area contributed by atoms with Crippen molar-refractivity contribution in [3.63, 3.8) is 0 Å². The number of nitrogens with one attached hydrogen (secondary N) is 2. The fraction of sp³-hybridized carbons (Fsp3) is 0.0455. The SMILES string of the molecule is Oc1ccc2ccccc2c1C(Nc1ncnc2nc[nH]c12)c1ccc(Cl)cc1. The first-order chi connectivity index (χ1) is 14.2. The number of anilines is 1. The zero-order valence-electron chi connectivity index (χ0n) is 15.2. The van der Waals surface area contributed by atoms with Gasteiger partial charge in [-0.25, -0.2) is 15.0 Å². The first kappa shape index (κ1) is 17.5. The molecule has 1 atom stereocenters. The van der Waals surface area contributed by atoms with Gasteiger partial charge in [0.1, 0.15) is 17.6 Å². The summed E-state index contributed by atoms with van der Waals surface area (Å²) in [4.78, 5) is 15.8. The van der Waals surface area contributed by atoms with E-state index in [9.17, 15) is 5.11 Å². The molecule has 29 heavy (non-hydrogen) atoms. The summed E-state index contributed by atoms with van der Waals surface area (Å²) in [6.45, 7) is 0. The first-order valence-corrected chi connectivity index (χ1v) is 9.45. The highest BCUT2D eigenvalue weighted by molar-refractivity contribution is 6.30. The summed E-state index contributed by atoms with van der Waals surface area (Å²) in [5.74, 6) is 0.797. The number of imidazole rings is 1. The number of aromatic nitrogens is 4. The van der Waals surface area contributed by atoms with Gasteiger partial charge in [0.05, 0.1) is 12.4 Å². The normalized spacial score (nSPS) is 12.3. The van der Waals surface area contributed by atoms with Gasteiger partial charge in [-0.05, 0) is 34.5 Å². The number of hydrogen-bond donors (Lipinski definition) is 3. The van der Waals surface area contributed by atoms with Crippen molar-refractivity contribution in [3.05, 3.63) is 89.5 Å². The molecule has 0 spiro atoms. The first-order valence-electron chi connectivity index (χ1n) is 9.07. The molecule has 6 nitrogen and oxygen atoms in total. The number of hydrogen-bond acceptors (Lipinski definition) is 5. The highest BCUT2D eigenvalue weighted by Crippen LogP contribution is 2.38. The van der Waals surface area contributed by atoms with E-state index in [1.807, 2.05) is 54.6 Å². The van der Waals surface area contributed by atoms with Crippen molar-refractivity contribution in [2.45, 2.75) is 6.04 Å². The fourth-order valence-electron chi connectivity index (χ4n) is 3.58. The average Bonchev–Trinajstić information content (AvgIpc) is 3.23. The largest absolute Gasteiger partial charge is 0.508 e. The van der Waals surface area contributed by atoms with Gasteiger partial charge < -0.3 is 15.4 Å². The lowest BCUT2D eigenvalue weighted by Gasteiger charge is -2.23. The van der Waals surface area contributed by atoms with Crippen LogP contribution >= 0.6 is 11.6 Å². The van der Waals surface area contributed by atoms with Gasteiger partial charge in [0.25, 0.3) is 0 Å². The van der Waals surface area contributed by atoms with Gasteiger partial charge in [-0.1, -0.05) is 54.1 Å². The minimum absolute atomic E-state index is 0.200. The summed E-state index contributed by atoms with van der Waals surface area (Å²) in [6, 6.07) is 18.8. The van der Waals surface area contributed by atoms with Gasteiger partial charge in [-0.3, -0.25) is 0 Å². The van der Waals surface area contributed by atoms with Crippen LogP contribution in [0.3, 0.4) is 0 Å². The molecule has 0 aliphatic rings. The molecule has 5 rings (SSSR count). The third-order valence-electron chi connectivity index (χ3n) is 4.94. The Morgan fingerprint density at radius 2 is 1.76 bits per heavy atom. The van der Waals surface area contributed by atoms with E-state index in [1.165, 1.54) is 6.33 Å². The molecule has 7 heteroatoms. The molecule has 0 amide bonds. The van der Waals surface area contributed by atoms with Crippen LogP contribution in [-0.4, -0.2) is 25.0 Å². The van der Waals surface area contributed by atoms with E-state index in [0.717, 1.165) is 21.9 Å². The molecule has 0 bridgehead atoms. The minimum atomic E-state index is -0.375. The second kappa shape index (κ2) is 7.07. The van der Waals surface area contributed by atoms with Crippen LogP contribution in [0, 0.1) is 0 Å². The Hall–Kier alpha value is -3.64. The molecule has 3 aromatic carbocycles. The molecule has 2 aromatic heterocycles. The van der Waals surface area contributed by atoms with E-state index in [-0.39, 0.29) is 11.8 Å². The quantitative estimate of drug-likeness (QED) is 0.391. The molecule has 2 heterocycles. The molecule has 1 unspecified atom stereocenters. The number of H-pyrrole nitrogens is 1. The van der Waals surface area contributed by atoms with E-state index in [1.54, 1.807) is 12.4 Å². The number of rotatable bonds is 4. The highest BCUT2D eigenvalue weighted by Gasteiger charge is 2.22. The van der Waals surface area contributed by atoms with Crippen molar-refractivity contribution >= 4 is 39.4 Å². The lowest BCUT2D eigenvalue weighted by Crippen LogP contribution is -2.14. The Morgan fingerprint density at radius 3 is 2.62 bits per heavy atom. The van der Waals surface area contributed by atoms with Gasteiger partial charge >= 0.3 is 0 Å². The zero-order chi connectivity index (χ0) is 19.8. The highest BCUT2D eigenvalue weighted by atomic mass is 35.5. The standard InChI is InChI=1S/C22H16ClN5O/c23-15-8-5-14(6-9-15)19(28-22-20-21(25-11-24-20)26-12-27-22)18-16-4-2-1-3-13(16)7-10-17(18)29/h1-12,19,29H,(H2,24,25,26,27,28). The van der Waals surface area contributed by atoms with Crippen molar-refractivity contribution in [1.29, 1.82) is 0 Å². The van der Waals surface area contributed by atoms with Crippen molar-refractivity contribution in [1.82, 2.24) is 19.9 Å². The van der Waals surface area contributed by atoms with Crippen molar-refractivity contribution < 1.29 is 5.11 Å². The smallest absolute Gasteiger partial charge is 0.182 e. The van der Waals surface area contributed by atoms with Gasteiger partial charge in [0, 0.05) is 10.6 Å².